The Hall–Kier alpha value is -1.08. The average Bonchev–Trinajstić information content (AvgIpc) is 2.52. The van der Waals surface area contributed by atoms with Gasteiger partial charge in [0.15, 0.2) is 12.5 Å². The third-order valence-corrected chi connectivity index (χ3v) is 4.38. The van der Waals surface area contributed by atoms with E-state index in [1.54, 1.807) is 19.2 Å². The Morgan fingerprint density at radius 1 is 1.13 bits per heavy atom. The Morgan fingerprint density at radius 2 is 1.78 bits per heavy atom. The van der Waals surface area contributed by atoms with Crippen molar-refractivity contribution in [3.05, 3.63) is 62.0 Å². The number of hydrogen-bond acceptors (Lipinski definition) is 3. The third kappa shape index (κ3) is 5.21. The molecular weight excluding hydrogens is 444 g/mol. The number of thiol groups is 1. The molecule has 0 unspecified atom stereocenters. The maximum atomic E-state index is 11.3. The zero-order chi connectivity index (χ0) is 16.8. The minimum atomic E-state index is -0.245. The van der Waals surface area contributed by atoms with Crippen molar-refractivity contribution in [1.82, 2.24) is 0 Å². The fourth-order valence-electron chi connectivity index (χ4n) is 1.90. The number of ether oxygens (including phenoxy) is 2. The lowest BCUT2D eigenvalue weighted by Gasteiger charge is -2.10. The topological polar surface area (TPSA) is 35.5 Å². The zero-order valence-corrected chi connectivity index (χ0v) is 16.3. The fourth-order valence-corrected chi connectivity index (χ4v) is 3.49. The summed E-state index contributed by atoms with van der Waals surface area (Å²) in [6.07, 6.45) is 3.89. The largest absolute Gasteiger partial charge is 0.465 e. The molecule has 0 amide bonds. The number of carbonyl (C=O) groups excluding carboxylic acids is 1. The second-order valence-corrected chi connectivity index (χ2v) is 6.74. The summed E-state index contributed by atoms with van der Waals surface area (Å²) >= 11 is 10.8. The van der Waals surface area contributed by atoms with Crippen LogP contribution in [-0.4, -0.2) is 19.0 Å². The van der Waals surface area contributed by atoms with Gasteiger partial charge in [-0.2, -0.15) is 0 Å². The third-order valence-electron chi connectivity index (χ3n) is 2.94. The van der Waals surface area contributed by atoms with Gasteiger partial charge < -0.3 is 9.47 Å². The predicted octanol–water partition coefficient (Wildman–Crippen LogP) is 5.43. The van der Waals surface area contributed by atoms with E-state index in [4.69, 9.17) is 9.47 Å². The van der Waals surface area contributed by atoms with Gasteiger partial charge in [0, 0.05) is 12.7 Å². The highest BCUT2D eigenvalue weighted by Crippen LogP contribution is 2.35. The van der Waals surface area contributed by atoms with Crippen molar-refractivity contribution < 1.29 is 14.3 Å². The first-order chi connectivity index (χ1) is 11.0. The van der Waals surface area contributed by atoms with Gasteiger partial charge in [-0.25, -0.2) is 0 Å². The van der Waals surface area contributed by atoms with Crippen LogP contribution in [0.1, 0.15) is 21.5 Å². The van der Waals surface area contributed by atoms with E-state index in [1.807, 2.05) is 36.4 Å². The van der Waals surface area contributed by atoms with Crippen LogP contribution in [0, 0.1) is 0 Å². The summed E-state index contributed by atoms with van der Waals surface area (Å²) in [5.41, 5.74) is 2.48. The average molecular weight is 458 g/mol. The summed E-state index contributed by atoms with van der Waals surface area (Å²) in [5, 5.41) is -0.245. The van der Waals surface area contributed by atoms with E-state index in [0.717, 1.165) is 20.1 Å². The number of methoxy groups -OCH3 is 1. The normalized spacial score (nSPS) is 11.0. The van der Waals surface area contributed by atoms with Crippen LogP contribution in [0.3, 0.4) is 0 Å². The molecule has 0 radical (unpaired) electrons. The highest BCUT2D eigenvalue weighted by Gasteiger charge is 2.08. The smallest absolute Gasteiger partial charge is 0.216 e. The van der Waals surface area contributed by atoms with Gasteiger partial charge in [-0.3, -0.25) is 4.79 Å². The molecular formula is C17H14Br2O3S. The second-order valence-electron chi connectivity index (χ2n) is 4.63. The van der Waals surface area contributed by atoms with Crippen molar-refractivity contribution in [1.29, 1.82) is 0 Å². The minimum Gasteiger partial charge on any atom is -0.465 e. The highest BCUT2D eigenvalue weighted by atomic mass is 79.9. The van der Waals surface area contributed by atoms with Crippen molar-refractivity contribution >= 4 is 61.8 Å². The monoisotopic (exact) mass is 456 g/mol. The molecule has 0 bridgehead atoms. The SMILES string of the molecule is COCOc1c(Br)cc(C=Cc2cccc(C(=O)S)c2)cc1Br. The van der Waals surface area contributed by atoms with Crippen molar-refractivity contribution in [3.8, 4) is 5.75 Å². The van der Waals surface area contributed by atoms with Crippen LogP contribution in [0.5, 0.6) is 5.75 Å². The van der Waals surface area contributed by atoms with Crippen molar-refractivity contribution in [2.75, 3.05) is 13.9 Å². The Balaban J connectivity index is 2.23. The van der Waals surface area contributed by atoms with E-state index in [1.165, 1.54) is 0 Å². The van der Waals surface area contributed by atoms with Gasteiger partial charge >= 0.3 is 0 Å². The molecule has 0 spiro atoms. The van der Waals surface area contributed by atoms with Crippen LogP contribution in [0.2, 0.25) is 0 Å². The molecule has 0 heterocycles. The molecule has 0 aromatic heterocycles. The van der Waals surface area contributed by atoms with E-state index in [0.29, 0.717) is 11.3 Å². The van der Waals surface area contributed by atoms with Gasteiger partial charge in [-0.05, 0) is 61.2 Å². The molecule has 6 heteroatoms. The molecule has 0 N–H and O–H groups in total. The van der Waals surface area contributed by atoms with Crippen LogP contribution < -0.4 is 4.74 Å². The molecule has 3 nitrogen and oxygen atoms in total. The van der Waals surface area contributed by atoms with Crippen LogP contribution in [0.15, 0.2) is 45.3 Å². The molecule has 2 aromatic rings. The first kappa shape index (κ1) is 18.3. The molecule has 0 aliphatic heterocycles. The van der Waals surface area contributed by atoms with Crippen LogP contribution in [0.25, 0.3) is 12.2 Å². The first-order valence-corrected chi connectivity index (χ1v) is 8.67. The zero-order valence-electron chi connectivity index (χ0n) is 12.3. The Morgan fingerprint density at radius 3 is 2.39 bits per heavy atom. The van der Waals surface area contributed by atoms with E-state index in [-0.39, 0.29) is 11.9 Å². The fraction of sp³-hybridized carbons (Fsp3) is 0.118. The summed E-state index contributed by atoms with van der Waals surface area (Å²) in [4.78, 5) is 11.3. The van der Waals surface area contributed by atoms with Crippen LogP contribution in [-0.2, 0) is 4.74 Å². The van der Waals surface area contributed by atoms with Gasteiger partial charge in [0.2, 0.25) is 5.12 Å². The Labute approximate surface area is 157 Å². The van der Waals surface area contributed by atoms with E-state index < -0.39 is 0 Å². The van der Waals surface area contributed by atoms with Crippen molar-refractivity contribution in [3.63, 3.8) is 0 Å². The summed E-state index contributed by atoms with van der Waals surface area (Å²) in [6.45, 7) is 0.178. The number of hydrogen-bond donors (Lipinski definition) is 1. The number of benzene rings is 2. The van der Waals surface area contributed by atoms with Gasteiger partial charge in [0.05, 0.1) is 8.95 Å². The Kier molecular flexibility index (Phi) is 6.89. The second kappa shape index (κ2) is 8.68. The molecule has 2 aromatic carbocycles. The molecule has 0 aliphatic carbocycles. The van der Waals surface area contributed by atoms with Crippen molar-refractivity contribution in [2.24, 2.45) is 0 Å². The lowest BCUT2D eigenvalue weighted by Crippen LogP contribution is -2.00. The first-order valence-electron chi connectivity index (χ1n) is 6.63. The minimum absolute atomic E-state index is 0.178. The predicted molar refractivity (Wildman–Crippen MR) is 103 cm³/mol. The lowest BCUT2D eigenvalue weighted by molar-refractivity contribution is 0.0500. The summed E-state index contributed by atoms with van der Waals surface area (Å²) in [7, 11) is 1.57. The van der Waals surface area contributed by atoms with E-state index in [9.17, 15) is 4.79 Å². The van der Waals surface area contributed by atoms with E-state index in [2.05, 4.69) is 44.5 Å². The molecule has 120 valence electrons. The molecule has 2 rings (SSSR count). The number of halogens is 2. The molecule has 0 aliphatic rings. The molecule has 0 saturated heterocycles. The maximum Gasteiger partial charge on any atom is 0.216 e. The summed E-state index contributed by atoms with van der Waals surface area (Å²) < 4.78 is 12.0. The van der Waals surface area contributed by atoms with Gasteiger partial charge in [0.25, 0.3) is 0 Å². The molecule has 23 heavy (non-hydrogen) atoms. The Bertz CT molecular complexity index is 721. The lowest BCUT2D eigenvalue weighted by atomic mass is 10.1. The summed E-state index contributed by atoms with van der Waals surface area (Å²) in [5.74, 6) is 0.687. The molecule has 0 fully saturated rings. The quantitative estimate of drug-likeness (QED) is 0.356. The van der Waals surface area contributed by atoms with Gasteiger partial charge in [-0.1, -0.05) is 30.4 Å². The number of rotatable bonds is 6. The van der Waals surface area contributed by atoms with Crippen LogP contribution >= 0.6 is 44.5 Å². The van der Waals surface area contributed by atoms with Crippen LogP contribution in [0.4, 0.5) is 0 Å². The van der Waals surface area contributed by atoms with E-state index >= 15 is 0 Å². The molecule has 0 atom stereocenters. The standard InChI is InChI=1S/C17H14Br2O3S/c1-21-10-22-16-14(18)8-12(9-15(16)19)6-5-11-3-2-4-13(7-11)17(20)23/h2-9H,10H2,1H3,(H,20,23). The molecule has 0 saturated carbocycles. The summed E-state index contributed by atoms with van der Waals surface area (Å²) in [6, 6.07) is 11.2. The van der Waals surface area contributed by atoms with Crippen molar-refractivity contribution in [2.45, 2.75) is 0 Å². The van der Waals surface area contributed by atoms with Gasteiger partial charge in [0.1, 0.15) is 0 Å². The highest BCUT2D eigenvalue weighted by molar-refractivity contribution is 9.11. The maximum absolute atomic E-state index is 11.3. The van der Waals surface area contributed by atoms with Gasteiger partial charge in [-0.15, -0.1) is 12.6 Å². The number of carbonyl (C=O) groups is 1.